The van der Waals surface area contributed by atoms with Gasteiger partial charge in [0.15, 0.2) is 11.6 Å². The molecule has 0 bridgehead atoms. The summed E-state index contributed by atoms with van der Waals surface area (Å²) in [6.07, 6.45) is -0.798. The van der Waals surface area contributed by atoms with E-state index in [1.54, 1.807) is 0 Å². The SMILES string of the molecule is O=CO.OC(c1ccccc1)c1nnc2n1Cc1ccccc1OC2. The summed E-state index contributed by atoms with van der Waals surface area (Å²) < 4.78 is 7.70. The molecule has 0 fully saturated rings. The molecule has 1 aliphatic rings. The number of hydrogen-bond acceptors (Lipinski definition) is 5. The summed E-state index contributed by atoms with van der Waals surface area (Å²) >= 11 is 0. The van der Waals surface area contributed by atoms with Gasteiger partial charge in [-0.1, -0.05) is 48.5 Å². The van der Waals surface area contributed by atoms with E-state index in [4.69, 9.17) is 14.6 Å². The summed E-state index contributed by atoms with van der Waals surface area (Å²) in [7, 11) is 0. The Morgan fingerprint density at radius 2 is 1.76 bits per heavy atom. The van der Waals surface area contributed by atoms with Gasteiger partial charge in [-0.25, -0.2) is 0 Å². The molecule has 0 saturated carbocycles. The lowest BCUT2D eigenvalue weighted by Crippen LogP contribution is -2.12. The molecule has 2 heterocycles. The van der Waals surface area contributed by atoms with Crippen LogP contribution in [-0.2, 0) is 17.9 Å². The standard InChI is InChI=1S/C17H15N3O2.CH2O2/c21-16(12-6-2-1-3-7-12)17-19-18-15-11-22-14-9-5-4-8-13(14)10-20(15)17;2-1-3/h1-9,16,21H,10-11H2;1H,(H,2,3). The lowest BCUT2D eigenvalue weighted by Gasteiger charge is -2.13. The van der Waals surface area contributed by atoms with Crippen LogP contribution in [0.15, 0.2) is 54.6 Å². The average Bonchev–Trinajstić information content (AvgIpc) is 2.95. The lowest BCUT2D eigenvalue weighted by atomic mass is 10.1. The summed E-state index contributed by atoms with van der Waals surface area (Å²) in [5, 5.41) is 25.8. The monoisotopic (exact) mass is 339 g/mol. The van der Waals surface area contributed by atoms with Crippen LogP contribution in [0.5, 0.6) is 5.75 Å². The van der Waals surface area contributed by atoms with Crippen molar-refractivity contribution in [3.8, 4) is 5.75 Å². The summed E-state index contributed by atoms with van der Waals surface area (Å²) in [5.74, 6) is 2.12. The van der Waals surface area contributed by atoms with E-state index in [0.717, 1.165) is 22.7 Å². The molecule has 0 spiro atoms. The predicted octanol–water partition coefficient (Wildman–Crippen LogP) is 2.00. The van der Waals surface area contributed by atoms with Crippen molar-refractivity contribution in [1.82, 2.24) is 14.8 Å². The molecule has 1 aliphatic heterocycles. The van der Waals surface area contributed by atoms with Gasteiger partial charge in [-0.05, 0) is 11.6 Å². The minimum absolute atomic E-state index is 0.250. The summed E-state index contributed by atoms with van der Waals surface area (Å²) in [4.78, 5) is 8.36. The van der Waals surface area contributed by atoms with E-state index in [9.17, 15) is 5.11 Å². The van der Waals surface area contributed by atoms with Crippen LogP contribution in [0, 0.1) is 0 Å². The number of aromatic nitrogens is 3. The molecule has 25 heavy (non-hydrogen) atoms. The van der Waals surface area contributed by atoms with Gasteiger partial charge in [0, 0.05) is 5.56 Å². The number of fused-ring (bicyclic) bond motifs is 2. The van der Waals surface area contributed by atoms with E-state index in [0.29, 0.717) is 19.0 Å². The van der Waals surface area contributed by atoms with Gasteiger partial charge in [0.2, 0.25) is 0 Å². The number of nitrogens with zero attached hydrogens (tertiary/aromatic N) is 3. The van der Waals surface area contributed by atoms with E-state index >= 15 is 0 Å². The first-order valence-corrected chi connectivity index (χ1v) is 7.68. The molecule has 0 aliphatic carbocycles. The fourth-order valence-electron chi connectivity index (χ4n) is 2.70. The molecule has 128 valence electrons. The number of carboxylic acid groups (broad SMARTS) is 1. The van der Waals surface area contributed by atoms with Crippen molar-refractivity contribution in [3.05, 3.63) is 77.4 Å². The Labute approximate surface area is 144 Å². The third-order valence-corrected chi connectivity index (χ3v) is 3.87. The van der Waals surface area contributed by atoms with Crippen molar-refractivity contribution in [2.24, 2.45) is 0 Å². The van der Waals surface area contributed by atoms with E-state index in [2.05, 4.69) is 10.2 Å². The molecule has 0 radical (unpaired) electrons. The van der Waals surface area contributed by atoms with Crippen LogP contribution in [0.1, 0.15) is 28.9 Å². The smallest absolute Gasteiger partial charge is 0.290 e. The van der Waals surface area contributed by atoms with Crippen molar-refractivity contribution in [2.45, 2.75) is 19.3 Å². The third-order valence-electron chi connectivity index (χ3n) is 3.87. The number of carbonyl (C=O) groups is 1. The van der Waals surface area contributed by atoms with Gasteiger partial charge in [-0.2, -0.15) is 0 Å². The number of para-hydroxylation sites is 1. The molecule has 1 aromatic heterocycles. The lowest BCUT2D eigenvalue weighted by molar-refractivity contribution is -0.122. The van der Waals surface area contributed by atoms with Gasteiger partial charge in [0.25, 0.3) is 6.47 Å². The fourth-order valence-corrected chi connectivity index (χ4v) is 2.70. The predicted molar refractivity (Wildman–Crippen MR) is 89.1 cm³/mol. The maximum atomic E-state index is 10.6. The minimum atomic E-state index is -0.798. The molecule has 1 atom stereocenters. The van der Waals surface area contributed by atoms with Gasteiger partial charge < -0.3 is 19.5 Å². The number of aliphatic hydroxyl groups is 1. The zero-order valence-corrected chi connectivity index (χ0v) is 13.3. The van der Waals surface area contributed by atoms with Gasteiger partial charge >= 0.3 is 0 Å². The maximum Gasteiger partial charge on any atom is 0.290 e. The van der Waals surface area contributed by atoms with Crippen LogP contribution < -0.4 is 4.74 Å². The highest BCUT2D eigenvalue weighted by Gasteiger charge is 2.23. The van der Waals surface area contributed by atoms with Gasteiger partial charge in [-0.3, -0.25) is 4.79 Å². The van der Waals surface area contributed by atoms with Crippen LogP contribution in [-0.4, -0.2) is 31.4 Å². The van der Waals surface area contributed by atoms with Crippen molar-refractivity contribution in [2.75, 3.05) is 0 Å². The van der Waals surface area contributed by atoms with Crippen molar-refractivity contribution < 1.29 is 19.7 Å². The first-order chi connectivity index (χ1) is 12.2. The van der Waals surface area contributed by atoms with E-state index in [-0.39, 0.29) is 6.47 Å². The molecule has 0 amide bonds. The topological polar surface area (TPSA) is 97.5 Å². The molecule has 1 unspecified atom stereocenters. The van der Waals surface area contributed by atoms with Crippen molar-refractivity contribution in [1.29, 1.82) is 0 Å². The van der Waals surface area contributed by atoms with Crippen molar-refractivity contribution >= 4 is 6.47 Å². The van der Waals surface area contributed by atoms with Gasteiger partial charge in [-0.15, -0.1) is 10.2 Å². The maximum absolute atomic E-state index is 10.6. The van der Waals surface area contributed by atoms with Crippen LogP contribution in [0.3, 0.4) is 0 Å². The first-order valence-electron chi connectivity index (χ1n) is 7.68. The van der Waals surface area contributed by atoms with E-state index in [1.165, 1.54) is 0 Å². The number of aliphatic hydroxyl groups excluding tert-OH is 1. The molecule has 0 saturated heterocycles. The molecule has 7 heteroatoms. The molecule has 7 nitrogen and oxygen atoms in total. The minimum Gasteiger partial charge on any atom is -0.485 e. The molecule has 2 N–H and O–H groups in total. The highest BCUT2D eigenvalue weighted by Crippen LogP contribution is 2.27. The average molecular weight is 339 g/mol. The Balaban J connectivity index is 0.000000569. The highest BCUT2D eigenvalue weighted by molar-refractivity contribution is 5.35. The number of rotatable bonds is 2. The second-order valence-corrected chi connectivity index (χ2v) is 5.38. The Bertz CT molecular complexity index is 849. The molecule has 4 rings (SSSR count). The van der Waals surface area contributed by atoms with E-state index in [1.807, 2.05) is 59.2 Å². The molecule has 2 aromatic carbocycles. The number of ether oxygens (including phenoxy) is 1. The summed E-state index contributed by atoms with van der Waals surface area (Å²) in [5.41, 5.74) is 1.86. The van der Waals surface area contributed by atoms with Crippen LogP contribution in [0.4, 0.5) is 0 Å². The highest BCUT2D eigenvalue weighted by atomic mass is 16.5. The first kappa shape index (κ1) is 16.7. The summed E-state index contributed by atoms with van der Waals surface area (Å²) in [6, 6.07) is 17.4. The molecule has 3 aromatic rings. The third kappa shape index (κ3) is 3.51. The zero-order valence-electron chi connectivity index (χ0n) is 13.3. The quantitative estimate of drug-likeness (QED) is 0.693. The van der Waals surface area contributed by atoms with Gasteiger partial charge in [0.05, 0.1) is 6.54 Å². The van der Waals surface area contributed by atoms with Crippen molar-refractivity contribution in [3.63, 3.8) is 0 Å². The second-order valence-electron chi connectivity index (χ2n) is 5.38. The Hall–Kier alpha value is -3.19. The van der Waals surface area contributed by atoms with Gasteiger partial charge in [0.1, 0.15) is 18.5 Å². The zero-order chi connectivity index (χ0) is 17.6. The van der Waals surface area contributed by atoms with E-state index < -0.39 is 6.10 Å². The van der Waals surface area contributed by atoms with Crippen LogP contribution in [0.25, 0.3) is 0 Å². The largest absolute Gasteiger partial charge is 0.485 e. The molecular formula is C18H17N3O4. The van der Waals surface area contributed by atoms with Crippen LogP contribution in [0.2, 0.25) is 0 Å². The Morgan fingerprint density at radius 1 is 1.08 bits per heavy atom. The normalized spacial score (nSPS) is 13.2. The Morgan fingerprint density at radius 3 is 2.52 bits per heavy atom. The second kappa shape index (κ2) is 7.59. The number of benzene rings is 2. The molecular weight excluding hydrogens is 322 g/mol. The Kier molecular flexibility index (Phi) is 5.06. The fraction of sp³-hybridized carbons (Fsp3) is 0.167. The number of hydrogen-bond donors (Lipinski definition) is 2. The summed E-state index contributed by atoms with van der Waals surface area (Å²) in [6.45, 7) is 0.698. The van der Waals surface area contributed by atoms with Crippen LogP contribution >= 0.6 is 0 Å².